The van der Waals surface area contributed by atoms with E-state index in [0.29, 0.717) is 23.3 Å². The molecule has 0 aliphatic heterocycles. The van der Waals surface area contributed by atoms with Gasteiger partial charge in [0.2, 0.25) is 5.91 Å². The van der Waals surface area contributed by atoms with E-state index in [-0.39, 0.29) is 18.0 Å². The number of hydrogen-bond acceptors (Lipinski definition) is 5. The molecule has 1 amide bonds. The standard InChI is InChI=1S/C11H14N4O2S/c1-7-4-8-10(18-7)14-6-15(11(8)17)5-9(16)13-3-2-12/h4,6H,2-3,5,12H2,1H3,(H,13,16). The smallest absolute Gasteiger partial charge is 0.262 e. The van der Waals surface area contributed by atoms with Crippen LogP contribution in [0.4, 0.5) is 0 Å². The Labute approximate surface area is 107 Å². The number of hydrogen-bond donors (Lipinski definition) is 2. The van der Waals surface area contributed by atoms with E-state index in [1.165, 1.54) is 22.2 Å². The van der Waals surface area contributed by atoms with Crippen LogP contribution in [0.25, 0.3) is 10.2 Å². The second kappa shape index (κ2) is 5.28. The minimum Gasteiger partial charge on any atom is -0.353 e. The van der Waals surface area contributed by atoms with E-state index in [4.69, 9.17) is 5.73 Å². The van der Waals surface area contributed by atoms with Gasteiger partial charge in [-0.15, -0.1) is 11.3 Å². The third kappa shape index (κ3) is 2.57. The number of thiophene rings is 1. The topological polar surface area (TPSA) is 90.0 Å². The lowest BCUT2D eigenvalue weighted by Crippen LogP contribution is -2.34. The van der Waals surface area contributed by atoms with Gasteiger partial charge in [-0.3, -0.25) is 14.2 Å². The molecule has 6 nitrogen and oxygen atoms in total. The SMILES string of the molecule is Cc1cc2c(=O)n(CC(=O)NCCN)cnc2s1. The van der Waals surface area contributed by atoms with Crippen LogP contribution in [0.2, 0.25) is 0 Å². The molecule has 0 aromatic carbocycles. The second-order valence-electron chi connectivity index (χ2n) is 3.89. The molecule has 0 aliphatic carbocycles. The zero-order valence-electron chi connectivity index (χ0n) is 9.97. The molecule has 2 rings (SSSR count). The van der Waals surface area contributed by atoms with E-state index in [9.17, 15) is 9.59 Å². The highest BCUT2D eigenvalue weighted by atomic mass is 32.1. The molecule has 2 aromatic rings. The second-order valence-corrected chi connectivity index (χ2v) is 5.13. The van der Waals surface area contributed by atoms with Crippen LogP contribution in [-0.2, 0) is 11.3 Å². The number of nitrogens with one attached hydrogen (secondary N) is 1. The highest BCUT2D eigenvalue weighted by molar-refractivity contribution is 7.18. The first-order valence-corrected chi connectivity index (χ1v) is 6.36. The van der Waals surface area contributed by atoms with Crippen LogP contribution in [0, 0.1) is 6.92 Å². The van der Waals surface area contributed by atoms with E-state index in [1.54, 1.807) is 6.07 Å². The Morgan fingerprint density at radius 2 is 2.39 bits per heavy atom. The van der Waals surface area contributed by atoms with Gasteiger partial charge >= 0.3 is 0 Å². The van der Waals surface area contributed by atoms with Crippen molar-refractivity contribution in [2.24, 2.45) is 5.73 Å². The highest BCUT2D eigenvalue weighted by Gasteiger charge is 2.09. The Balaban J connectivity index is 2.26. The number of nitrogens with two attached hydrogens (primary N) is 1. The zero-order valence-corrected chi connectivity index (χ0v) is 10.8. The van der Waals surface area contributed by atoms with Crippen LogP contribution in [0.5, 0.6) is 0 Å². The Bertz CT molecular complexity index is 631. The van der Waals surface area contributed by atoms with Crippen molar-refractivity contribution in [1.82, 2.24) is 14.9 Å². The van der Waals surface area contributed by atoms with Crippen molar-refractivity contribution in [1.29, 1.82) is 0 Å². The van der Waals surface area contributed by atoms with Gasteiger partial charge in [-0.2, -0.15) is 0 Å². The monoisotopic (exact) mass is 266 g/mol. The molecular formula is C11H14N4O2S. The summed E-state index contributed by atoms with van der Waals surface area (Å²) < 4.78 is 1.31. The van der Waals surface area contributed by atoms with Gasteiger partial charge < -0.3 is 11.1 Å². The van der Waals surface area contributed by atoms with Crippen molar-refractivity contribution >= 4 is 27.5 Å². The Morgan fingerprint density at radius 1 is 1.61 bits per heavy atom. The van der Waals surface area contributed by atoms with Gasteiger partial charge in [0.05, 0.1) is 11.7 Å². The van der Waals surface area contributed by atoms with Crippen LogP contribution in [0.15, 0.2) is 17.2 Å². The van der Waals surface area contributed by atoms with Crippen LogP contribution in [0.1, 0.15) is 4.88 Å². The third-order valence-electron chi connectivity index (χ3n) is 2.42. The highest BCUT2D eigenvalue weighted by Crippen LogP contribution is 2.19. The average molecular weight is 266 g/mol. The van der Waals surface area contributed by atoms with E-state index < -0.39 is 0 Å². The van der Waals surface area contributed by atoms with Gasteiger partial charge in [-0.25, -0.2) is 4.98 Å². The number of rotatable bonds is 4. The largest absolute Gasteiger partial charge is 0.353 e. The van der Waals surface area contributed by atoms with Crippen LogP contribution in [-0.4, -0.2) is 28.5 Å². The van der Waals surface area contributed by atoms with Crippen molar-refractivity contribution in [3.63, 3.8) is 0 Å². The van der Waals surface area contributed by atoms with Crippen molar-refractivity contribution in [2.75, 3.05) is 13.1 Å². The fourth-order valence-electron chi connectivity index (χ4n) is 1.62. The Morgan fingerprint density at radius 3 is 3.11 bits per heavy atom. The lowest BCUT2D eigenvalue weighted by molar-refractivity contribution is -0.121. The minimum atomic E-state index is -0.240. The lowest BCUT2D eigenvalue weighted by atomic mass is 10.3. The molecule has 0 radical (unpaired) electrons. The molecule has 2 aromatic heterocycles. The fourth-order valence-corrected chi connectivity index (χ4v) is 2.45. The van der Waals surface area contributed by atoms with Crippen molar-refractivity contribution < 1.29 is 4.79 Å². The molecule has 0 atom stereocenters. The minimum absolute atomic E-state index is 0.0311. The Kier molecular flexibility index (Phi) is 3.73. The first-order valence-electron chi connectivity index (χ1n) is 5.54. The summed E-state index contributed by atoms with van der Waals surface area (Å²) in [6, 6.07) is 1.80. The molecule has 7 heteroatoms. The molecule has 3 N–H and O–H groups in total. The average Bonchev–Trinajstić information content (AvgIpc) is 2.72. The van der Waals surface area contributed by atoms with E-state index >= 15 is 0 Å². The first kappa shape index (κ1) is 12.7. The summed E-state index contributed by atoms with van der Waals surface area (Å²) in [6.45, 7) is 2.67. The molecule has 0 fully saturated rings. The molecule has 2 heterocycles. The number of fused-ring (bicyclic) bond motifs is 1. The van der Waals surface area contributed by atoms with Crippen LogP contribution in [0.3, 0.4) is 0 Å². The predicted molar refractivity (Wildman–Crippen MR) is 70.7 cm³/mol. The maximum atomic E-state index is 12.1. The summed E-state index contributed by atoms with van der Waals surface area (Å²) in [5, 5.41) is 3.17. The van der Waals surface area contributed by atoms with E-state index in [2.05, 4.69) is 10.3 Å². The lowest BCUT2D eigenvalue weighted by Gasteiger charge is -2.05. The summed E-state index contributed by atoms with van der Waals surface area (Å²) >= 11 is 1.47. The van der Waals surface area contributed by atoms with Crippen molar-refractivity contribution in [2.45, 2.75) is 13.5 Å². The summed E-state index contributed by atoms with van der Waals surface area (Å²) in [5.41, 5.74) is 5.10. The molecule has 0 saturated carbocycles. The number of aryl methyl sites for hydroxylation is 1. The third-order valence-corrected chi connectivity index (χ3v) is 3.38. The maximum Gasteiger partial charge on any atom is 0.262 e. The predicted octanol–water partition coefficient (Wildman–Crippen LogP) is -0.159. The Hall–Kier alpha value is -1.73. The molecular weight excluding hydrogens is 252 g/mol. The molecule has 0 bridgehead atoms. The molecule has 0 unspecified atom stereocenters. The summed E-state index contributed by atoms with van der Waals surface area (Å²) in [4.78, 5) is 29.5. The van der Waals surface area contributed by atoms with Gasteiger partial charge in [0, 0.05) is 18.0 Å². The summed E-state index contributed by atoms with van der Waals surface area (Å²) in [7, 11) is 0. The number of amides is 1. The molecule has 0 aliphatic rings. The van der Waals surface area contributed by atoms with Crippen molar-refractivity contribution in [3.8, 4) is 0 Å². The quantitative estimate of drug-likeness (QED) is 0.804. The number of carbonyl (C=O) groups is 1. The molecule has 18 heavy (non-hydrogen) atoms. The van der Waals surface area contributed by atoms with Gasteiger partial charge in [-0.1, -0.05) is 0 Å². The van der Waals surface area contributed by atoms with Crippen molar-refractivity contribution in [3.05, 3.63) is 27.6 Å². The summed E-state index contributed by atoms with van der Waals surface area (Å²) in [6.07, 6.45) is 1.41. The molecule has 0 spiro atoms. The van der Waals surface area contributed by atoms with Gasteiger partial charge in [0.1, 0.15) is 11.4 Å². The van der Waals surface area contributed by atoms with Crippen LogP contribution < -0.4 is 16.6 Å². The molecule has 96 valence electrons. The van der Waals surface area contributed by atoms with Gasteiger partial charge in [0.15, 0.2) is 0 Å². The fraction of sp³-hybridized carbons (Fsp3) is 0.364. The number of carbonyl (C=O) groups excluding carboxylic acids is 1. The van der Waals surface area contributed by atoms with Gasteiger partial charge in [0.25, 0.3) is 5.56 Å². The number of nitrogens with zero attached hydrogens (tertiary/aromatic N) is 2. The normalized spacial score (nSPS) is 10.8. The van der Waals surface area contributed by atoms with E-state index in [0.717, 1.165) is 4.88 Å². The van der Waals surface area contributed by atoms with E-state index in [1.807, 2.05) is 6.92 Å². The van der Waals surface area contributed by atoms with Crippen LogP contribution >= 0.6 is 11.3 Å². The zero-order chi connectivity index (χ0) is 13.1. The number of aromatic nitrogens is 2. The molecule has 0 saturated heterocycles. The van der Waals surface area contributed by atoms with Gasteiger partial charge in [-0.05, 0) is 13.0 Å². The summed E-state index contributed by atoms with van der Waals surface area (Å²) in [5.74, 6) is -0.240. The maximum absolute atomic E-state index is 12.1. The first-order chi connectivity index (χ1) is 8.61.